The smallest absolute Gasteiger partial charge is 0.227 e. The molecule has 4 heteroatoms. The number of likely N-dealkylation sites (N-methyl/N-ethyl adjacent to an activating group) is 1. The summed E-state index contributed by atoms with van der Waals surface area (Å²) >= 11 is 0. The number of anilines is 1. The standard InChI is InChI=1S/C16H19N3O/c1-2-19-16(20)15(9-12-5-4-8-18-11-12)13-6-3-7-14(17)10-13/h3-8,10-11,15H,2,9,17H2,1H3,(H,19,20). The quantitative estimate of drug-likeness (QED) is 0.817. The van der Waals surface area contributed by atoms with Crippen LogP contribution in [0.5, 0.6) is 0 Å². The summed E-state index contributed by atoms with van der Waals surface area (Å²) in [6, 6.07) is 11.3. The van der Waals surface area contributed by atoms with Crippen molar-refractivity contribution in [1.29, 1.82) is 0 Å². The molecule has 4 nitrogen and oxygen atoms in total. The molecule has 104 valence electrons. The molecule has 20 heavy (non-hydrogen) atoms. The van der Waals surface area contributed by atoms with Crippen LogP contribution in [0.15, 0.2) is 48.8 Å². The normalized spacial score (nSPS) is 11.8. The van der Waals surface area contributed by atoms with Gasteiger partial charge >= 0.3 is 0 Å². The summed E-state index contributed by atoms with van der Waals surface area (Å²) in [6.45, 7) is 2.53. The van der Waals surface area contributed by atoms with E-state index in [2.05, 4.69) is 10.3 Å². The van der Waals surface area contributed by atoms with Crippen molar-refractivity contribution in [2.24, 2.45) is 0 Å². The Morgan fingerprint density at radius 2 is 2.20 bits per heavy atom. The molecule has 1 atom stereocenters. The van der Waals surface area contributed by atoms with Crippen LogP contribution in [0.25, 0.3) is 0 Å². The minimum Gasteiger partial charge on any atom is -0.399 e. The third kappa shape index (κ3) is 3.57. The molecular weight excluding hydrogens is 250 g/mol. The van der Waals surface area contributed by atoms with Crippen LogP contribution in [-0.2, 0) is 11.2 Å². The van der Waals surface area contributed by atoms with Crippen molar-refractivity contribution >= 4 is 11.6 Å². The highest BCUT2D eigenvalue weighted by Crippen LogP contribution is 2.22. The van der Waals surface area contributed by atoms with Crippen LogP contribution >= 0.6 is 0 Å². The van der Waals surface area contributed by atoms with Crippen molar-refractivity contribution < 1.29 is 4.79 Å². The molecule has 1 aromatic heterocycles. The molecule has 2 rings (SSSR count). The van der Waals surface area contributed by atoms with Gasteiger partial charge in [-0.15, -0.1) is 0 Å². The first-order chi connectivity index (χ1) is 9.70. The lowest BCUT2D eigenvalue weighted by molar-refractivity contribution is -0.122. The van der Waals surface area contributed by atoms with Gasteiger partial charge in [0, 0.05) is 24.6 Å². The Morgan fingerprint density at radius 1 is 1.35 bits per heavy atom. The number of nitrogen functional groups attached to an aromatic ring is 1. The van der Waals surface area contributed by atoms with E-state index in [4.69, 9.17) is 5.73 Å². The van der Waals surface area contributed by atoms with Gasteiger partial charge in [-0.25, -0.2) is 0 Å². The molecule has 0 fully saturated rings. The first-order valence-electron chi connectivity index (χ1n) is 6.72. The van der Waals surface area contributed by atoms with E-state index >= 15 is 0 Å². The van der Waals surface area contributed by atoms with Crippen LogP contribution < -0.4 is 11.1 Å². The fourth-order valence-corrected chi connectivity index (χ4v) is 2.19. The maximum atomic E-state index is 12.3. The first-order valence-corrected chi connectivity index (χ1v) is 6.72. The molecule has 1 amide bonds. The number of benzene rings is 1. The summed E-state index contributed by atoms with van der Waals surface area (Å²) in [4.78, 5) is 16.4. The summed E-state index contributed by atoms with van der Waals surface area (Å²) in [6.07, 6.45) is 4.13. The number of amides is 1. The molecule has 1 aromatic carbocycles. The van der Waals surface area contributed by atoms with E-state index in [-0.39, 0.29) is 11.8 Å². The van der Waals surface area contributed by atoms with Gasteiger partial charge in [-0.3, -0.25) is 9.78 Å². The SMILES string of the molecule is CCNC(=O)C(Cc1cccnc1)c1cccc(N)c1. The second-order valence-electron chi connectivity index (χ2n) is 4.68. The number of aromatic nitrogens is 1. The lowest BCUT2D eigenvalue weighted by atomic mass is 9.91. The molecule has 1 unspecified atom stereocenters. The number of hydrogen-bond acceptors (Lipinski definition) is 3. The third-order valence-electron chi connectivity index (χ3n) is 3.14. The molecule has 0 spiro atoms. The van der Waals surface area contributed by atoms with Gasteiger partial charge in [-0.05, 0) is 42.7 Å². The van der Waals surface area contributed by atoms with E-state index in [9.17, 15) is 4.79 Å². The largest absolute Gasteiger partial charge is 0.399 e. The van der Waals surface area contributed by atoms with E-state index in [1.54, 1.807) is 12.4 Å². The number of hydrogen-bond donors (Lipinski definition) is 2. The molecule has 1 heterocycles. The minimum atomic E-state index is -0.248. The highest BCUT2D eigenvalue weighted by atomic mass is 16.1. The van der Waals surface area contributed by atoms with E-state index < -0.39 is 0 Å². The third-order valence-corrected chi connectivity index (χ3v) is 3.14. The van der Waals surface area contributed by atoms with Crippen LogP contribution in [0.3, 0.4) is 0 Å². The number of nitrogens with one attached hydrogen (secondary N) is 1. The van der Waals surface area contributed by atoms with Gasteiger partial charge < -0.3 is 11.1 Å². The summed E-state index contributed by atoms with van der Waals surface area (Å²) < 4.78 is 0. The molecule has 0 saturated carbocycles. The van der Waals surface area contributed by atoms with E-state index in [0.717, 1.165) is 11.1 Å². The Hall–Kier alpha value is -2.36. The van der Waals surface area contributed by atoms with E-state index in [1.807, 2.05) is 43.3 Å². The van der Waals surface area contributed by atoms with E-state index in [1.165, 1.54) is 0 Å². The van der Waals surface area contributed by atoms with Crippen molar-refractivity contribution in [1.82, 2.24) is 10.3 Å². The first kappa shape index (κ1) is 14.1. The second-order valence-corrected chi connectivity index (χ2v) is 4.68. The lowest BCUT2D eigenvalue weighted by Crippen LogP contribution is -2.30. The molecule has 0 radical (unpaired) electrons. The van der Waals surface area contributed by atoms with Crippen LogP contribution in [0.4, 0.5) is 5.69 Å². The molecule has 0 bridgehead atoms. The Morgan fingerprint density at radius 3 is 2.85 bits per heavy atom. The molecule has 0 aliphatic carbocycles. The summed E-state index contributed by atoms with van der Waals surface area (Å²) in [5, 5.41) is 2.88. The number of carbonyl (C=O) groups excluding carboxylic acids is 1. The van der Waals surface area contributed by atoms with Crippen molar-refractivity contribution in [3.8, 4) is 0 Å². The fraction of sp³-hybridized carbons (Fsp3) is 0.250. The van der Waals surface area contributed by atoms with Crippen molar-refractivity contribution in [3.63, 3.8) is 0 Å². The van der Waals surface area contributed by atoms with Crippen molar-refractivity contribution in [3.05, 3.63) is 59.9 Å². The summed E-state index contributed by atoms with van der Waals surface area (Å²) in [5.41, 5.74) is 8.45. The number of carbonyl (C=O) groups is 1. The Bertz CT molecular complexity index is 569. The molecule has 0 saturated heterocycles. The van der Waals surface area contributed by atoms with Crippen molar-refractivity contribution in [2.45, 2.75) is 19.3 Å². The second kappa shape index (κ2) is 6.70. The monoisotopic (exact) mass is 269 g/mol. The molecule has 3 N–H and O–H groups in total. The topological polar surface area (TPSA) is 68.0 Å². The zero-order chi connectivity index (χ0) is 14.4. The number of pyridine rings is 1. The zero-order valence-corrected chi connectivity index (χ0v) is 11.5. The summed E-state index contributed by atoms with van der Waals surface area (Å²) in [7, 11) is 0. The van der Waals surface area contributed by atoms with Crippen LogP contribution in [0.1, 0.15) is 24.0 Å². The Kier molecular flexibility index (Phi) is 4.71. The Labute approximate surface area is 119 Å². The van der Waals surface area contributed by atoms with E-state index in [0.29, 0.717) is 18.7 Å². The number of rotatable bonds is 5. The highest BCUT2D eigenvalue weighted by Gasteiger charge is 2.20. The Balaban J connectivity index is 2.27. The van der Waals surface area contributed by atoms with Crippen LogP contribution in [-0.4, -0.2) is 17.4 Å². The number of nitrogens with two attached hydrogens (primary N) is 1. The molecule has 0 aliphatic rings. The lowest BCUT2D eigenvalue weighted by Gasteiger charge is -2.17. The van der Waals surface area contributed by atoms with Crippen LogP contribution in [0.2, 0.25) is 0 Å². The molecule has 0 aliphatic heterocycles. The minimum absolute atomic E-state index is 0.0157. The zero-order valence-electron chi connectivity index (χ0n) is 11.5. The molecular formula is C16H19N3O. The number of nitrogens with zero attached hydrogens (tertiary/aromatic N) is 1. The van der Waals surface area contributed by atoms with Gasteiger partial charge in [0.15, 0.2) is 0 Å². The van der Waals surface area contributed by atoms with Gasteiger partial charge in [0.1, 0.15) is 0 Å². The average Bonchev–Trinajstić information content (AvgIpc) is 2.46. The predicted octanol–water partition coefficient (Wildman–Crippen LogP) is 2.13. The maximum Gasteiger partial charge on any atom is 0.227 e. The average molecular weight is 269 g/mol. The highest BCUT2D eigenvalue weighted by molar-refractivity contribution is 5.84. The predicted molar refractivity (Wildman–Crippen MR) is 80.2 cm³/mol. The molecule has 2 aromatic rings. The van der Waals surface area contributed by atoms with Gasteiger partial charge in [-0.1, -0.05) is 18.2 Å². The van der Waals surface area contributed by atoms with Crippen molar-refractivity contribution in [2.75, 3.05) is 12.3 Å². The fourth-order valence-electron chi connectivity index (χ4n) is 2.19. The van der Waals surface area contributed by atoms with Gasteiger partial charge in [0.05, 0.1) is 5.92 Å². The van der Waals surface area contributed by atoms with Gasteiger partial charge in [-0.2, -0.15) is 0 Å². The maximum absolute atomic E-state index is 12.3. The van der Waals surface area contributed by atoms with Gasteiger partial charge in [0.25, 0.3) is 0 Å². The summed E-state index contributed by atoms with van der Waals surface area (Å²) in [5.74, 6) is -0.232. The van der Waals surface area contributed by atoms with Gasteiger partial charge in [0.2, 0.25) is 5.91 Å². The van der Waals surface area contributed by atoms with Crippen LogP contribution in [0, 0.1) is 0 Å².